The van der Waals surface area contributed by atoms with Crippen molar-refractivity contribution in [2.24, 2.45) is 9.98 Å². The van der Waals surface area contributed by atoms with Crippen molar-refractivity contribution in [2.75, 3.05) is 50.9 Å². The van der Waals surface area contributed by atoms with Crippen LogP contribution in [0.1, 0.15) is 11.1 Å². The van der Waals surface area contributed by atoms with E-state index in [9.17, 15) is 0 Å². The molecule has 2 aliphatic heterocycles. The minimum Gasteiger partial charge on any atom is -0.493 e. The monoisotopic (exact) mass is 446 g/mol. The van der Waals surface area contributed by atoms with Crippen molar-refractivity contribution < 1.29 is 9.47 Å². The summed E-state index contributed by atoms with van der Waals surface area (Å²) in [5, 5.41) is 6.55. The minimum atomic E-state index is 0. The second kappa shape index (κ2) is 11.7. The Labute approximate surface area is 188 Å². The molecule has 0 saturated heterocycles. The first kappa shape index (κ1) is 22.3. The molecule has 0 bridgehead atoms. The molecular formula is C22H27ClN4O2S. The van der Waals surface area contributed by atoms with Crippen LogP contribution in [-0.4, -0.2) is 62.6 Å². The van der Waals surface area contributed by atoms with Gasteiger partial charge in [-0.2, -0.15) is 11.8 Å². The summed E-state index contributed by atoms with van der Waals surface area (Å²) in [4.78, 5) is 8.85. The van der Waals surface area contributed by atoms with Gasteiger partial charge in [-0.1, -0.05) is 0 Å². The van der Waals surface area contributed by atoms with Gasteiger partial charge in [0.2, 0.25) is 0 Å². The molecule has 0 aromatic heterocycles. The van der Waals surface area contributed by atoms with Gasteiger partial charge in [0, 0.05) is 35.7 Å². The molecular weight excluding hydrogens is 420 g/mol. The molecule has 8 heteroatoms. The number of hydrogen-bond acceptors (Lipinski definition) is 7. The average molecular weight is 447 g/mol. The number of thioether (sulfide) groups is 1. The topological polar surface area (TPSA) is 67.2 Å². The van der Waals surface area contributed by atoms with E-state index in [1.807, 2.05) is 60.3 Å². The van der Waals surface area contributed by atoms with E-state index in [2.05, 4.69) is 20.6 Å². The summed E-state index contributed by atoms with van der Waals surface area (Å²) in [6, 6.07) is 16.2. The molecule has 0 saturated carbocycles. The molecule has 2 aromatic carbocycles. The van der Waals surface area contributed by atoms with Crippen LogP contribution >= 0.6 is 24.2 Å². The molecule has 0 radical (unpaired) electrons. The van der Waals surface area contributed by atoms with Gasteiger partial charge in [0.15, 0.2) is 0 Å². The van der Waals surface area contributed by atoms with E-state index in [-0.39, 0.29) is 12.4 Å². The van der Waals surface area contributed by atoms with Crippen molar-refractivity contribution in [2.45, 2.75) is 0 Å². The summed E-state index contributed by atoms with van der Waals surface area (Å²) in [5.74, 6) is 5.61. The van der Waals surface area contributed by atoms with Crippen LogP contribution in [0.15, 0.2) is 58.5 Å². The molecule has 0 atom stereocenters. The van der Waals surface area contributed by atoms with E-state index in [1.165, 1.54) is 0 Å². The second-order valence-corrected chi connectivity index (χ2v) is 7.90. The van der Waals surface area contributed by atoms with Gasteiger partial charge >= 0.3 is 0 Å². The number of nitrogens with zero attached hydrogens (tertiary/aromatic N) is 2. The van der Waals surface area contributed by atoms with E-state index in [0.717, 1.165) is 72.0 Å². The zero-order valence-corrected chi connectivity index (χ0v) is 18.4. The quantitative estimate of drug-likeness (QED) is 0.549. The summed E-state index contributed by atoms with van der Waals surface area (Å²) in [5.41, 5.74) is 2.23. The maximum absolute atomic E-state index is 5.81. The van der Waals surface area contributed by atoms with E-state index in [4.69, 9.17) is 9.47 Å². The van der Waals surface area contributed by atoms with E-state index < -0.39 is 0 Å². The lowest BCUT2D eigenvalue weighted by molar-refractivity contribution is 0.339. The Bertz CT molecular complexity index is 785. The lowest BCUT2D eigenvalue weighted by Crippen LogP contribution is -2.19. The maximum atomic E-state index is 5.81. The Morgan fingerprint density at radius 1 is 0.700 bits per heavy atom. The van der Waals surface area contributed by atoms with Crippen LogP contribution in [0.5, 0.6) is 11.5 Å². The molecule has 0 aliphatic carbocycles. The Morgan fingerprint density at radius 3 is 1.50 bits per heavy atom. The fourth-order valence-corrected chi connectivity index (χ4v) is 3.75. The summed E-state index contributed by atoms with van der Waals surface area (Å²) < 4.78 is 11.6. The SMILES string of the molecule is Cl.c1cc(C2=NCCN2)ccc1OCCSCCOc1ccc(C2=NCCN2)cc1. The Kier molecular flexibility index (Phi) is 8.71. The number of benzene rings is 2. The van der Waals surface area contributed by atoms with Crippen LogP contribution in [0.2, 0.25) is 0 Å². The normalized spacial score (nSPS) is 14.8. The number of aliphatic imine (C=N–C) groups is 2. The van der Waals surface area contributed by atoms with Crippen molar-refractivity contribution in [3.8, 4) is 11.5 Å². The molecule has 0 amide bonds. The predicted molar refractivity (Wildman–Crippen MR) is 127 cm³/mol. The molecule has 30 heavy (non-hydrogen) atoms. The van der Waals surface area contributed by atoms with Crippen LogP contribution in [-0.2, 0) is 0 Å². The third kappa shape index (κ3) is 6.31. The van der Waals surface area contributed by atoms with Crippen LogP contribution in [0.3, 0.4) is 0 Å². The fraction of sp³-hybridized carbons (Fsp3) is 0.364. The highest BCUT2D eigenvalue weighted by molar-refractivity contribution is 7.99. The van der Waals surface area contributed by atoms with Crippen molar-refractivity contribution in [3.05, 3.63) is 59.7 Å². The standard InChI is InChI=1S/C22H26N4O2S.ClH/c1-5-19(6-2-17(1)21-23-9-10-24-21)27-13-15-29-16-14-28-20-7-3-18(4-8-20)22-25-11-12-26-22;/h1-8H,9-16H2,(H,23,24)(H,25,26);1H. The summed E-state index contributed by atoms with van der Waals surface area (Å²) in [7, 11) is 0. The maximum Gasteiger partial charge on any atom is 0.128 e. The smallest absolute Gasteiger partial charge is 0.128 e. The molecule has 2 N–H and O–H groups in total. The third-order valence-electron chi connectivity index (χ3n) is 4.60. The van der Waals surface area contributed by atoms with Crippen molar-refractivity contribution >= 4 is 35.8 Å². The average Bonchev–Trinajstić information content (AvgIpc) is 3.48. The first-order chi connectivity index (χ1) is 14.4. The number of hydrogen-bond donors (Lipinski definition) is 2. The molecule has 2 heterocycles. The number of ether oxygens (including phenoxy) is 2. The summed E-state index contributed by atoms with van der Waals surface area (Å²) in [6.45, 7) is 4.93. The van der Waals surface area contributed by atoms with Gasteiger partial charge in [-0.3, -0.25) is 9.98 Å². The van der Waals surface area contributed by atoms with Gasteiger partial charge in [-0.05, 0) is 48.5 Å². The fourth-order valence-electron chi connectivity index (χ4n) is 3.14. The minimum absolute atomic E-state index is 0. The zero-order valence-electron chi connectivity index (χ0n) is 16.8. The number of amidine groups is 2. The first-order valence-electron chi connectivity index (χ1n) is 9.99. The predicted octanol–water partition coefficient (Wildman–Crippen LogP) is 3.00. The lowest BCUT2D eigenvalue weighted by Gasteiger charge is -2.09. The number of rotatable bonds is 10. The highest BCUT2D eigenvalue weighted by atomic mass is 35.5. The van der Waals surface area contributed by atoms with Crippen molar-refractivity contribution in [1.82, 2.24) is 10.6 Å². The molecule has 160 valence electrons. The molecule has 6 nitrogen and oxygen atoms in total. The van der Waals surface area contributed by atoms with E-state index in [0.29, 0.717) is 13.2 Å². The Balaban J connectivity index is 0.00000256. The first-order valence-corrected chi connectivity index (χ1v) is 11.1. The zero-order chi connectivity index (χ0) is 19.7. The Hall–Kier alpha value is -2.38. The lowest BCUT2D eigenvalue weighted by atomic mass is 10.2. The van der Waals surface area contributed by atoms with Crippen molar-refractivity contribution in [1.29, 1.82) is 0 Å². The molecule has 0 spiro atoms. The molecule has 0 fully saturated rings. The molecule has 0 unspecified atom stereocenters. The van der Waals surface area contributed by atoms with Gasteiger partial charge in [-0.15, -0.1) is 12.4 Å². The van der Waals surface area contributed by atoms with Crippen LogP contribution in [0.25, 0.3) is 0 Å². The largest absolute Gasteiger partial charge is 0.493 e. The van der Waals surface area contributed by atoms with Gasteiger partial charge in [-0.25, -0.2) is 0 Å². The number of halogens is 1. The van der Waals surface area contributed by atoms with Gasteiger partial charge in [0.05, 0.1) is 26.3 Å². The van der Waals surface area contributed by atoms with Gasteiger partial charge < -0.3 is 20.1 Å². The van der Waals surface area contributed by atoms with E-state index in [1.54, 1.807) is 0 Å². The Morgan fingerprint density at radius 2 is 1.13 bits per heavy atom. The number of nitrogens with one attached hydrogen (secondary N) is 2. The summed E-state index contributed by atoms with van der Waals surface area (Å²) in [6.07, 6.45) is 0. The van der Waals surface area contributed by atoms with Crippen LogP contribution < -0.4 is 20.1 Å². The molecule has 2 aliphatic rings. The van der Waals surface area contributed by atoms with Crippen LogP contribution in [0, 0.1) is 0 Å². The molecule has 4 rings (SSSR count). The van der Waals surface area contributed by atoms with Crippen molar-refractivity contribution in [3.63, 3.8) is 0 Å². The second-order valence-electron chi connectivity index (χ2n) is 6.67. The highest BCUT2D eigenvalue weighted by Gasteiger charge is 2.08. The van der Waals surface area contributed by atoms with Gasteiger partial charge in [0.1, 0.15) is 23.2 Å². The van der Waals surface area contributed by atoms with Crippen LogP contribution in [0.4, 0.5) is 0 Å². The van der Waals surface area contributed by atoms with Gasteiger partial charge in [0.25, 0.3) is 0 Å². The highest BCUT2D eigenvalue weighted by Crippen LogP contribution is 2.15. The summed E-state index contributed by atoms with van der Waals surface area (Å²) >= 11 is 1.83. The third-order valence-corrected chi connectivity index (χ3v) is 5.51. The van der Waals surface area contributed by atoms with E-state index >= 15 is 0 Å². The molecule has 2 aromatic rings.